The molecule has 1 amide bonds. The second-order valence-corrected chi connectivity index (χ2v) is 6.18. The molecule has 1 aromatic rings. The minimum atomic E-state index is -0.311. The van der Waals surface area contributed by atoms with E-state index in [-0.39, 0.29) is 11.9 Å². The van der Waals surface area contributed by atoms with Crippen LogP contribution in [0.25, 0.3) is 0 Å². The number of morpholine rings is 1. The first-order chi connectivity index (χ1) is 12.2. The molecule has 0 saturated carbocycles. The summed E-state index contributed by atoms with van der Waals surface area (Å²) in [4.78, 5) is 19.1. The van der Waals surface area contributed by atoms with E-state index in [1.54, 1.807) is 24.3 Å². The lowest BCUT2D eigenvalue weighted by Gasteiger charge is -2.26. The maximum absolute atomic E-state index is 12.3. The van der Waals surface area contributed by atoms with Gasteiger partial charge in [0.1, 0.15) is 0 Å². The Labute approximate surface area is 154 Å². The van der Waals surface area contributed by atoms with Crippen LogP contribution in [0, 0.1) is 0 Å². The number of benzene rings is 1. The number of carbonyl (C=O) groups is 1. The fourth-order valence-corrected chi connectivity index (χ4v) is 2.65. The van der Waals surface area contributed by atoms with Crippen molar-refractivity contribution in [2.24, 2.45) is 4.99 Å². The SMILES string of the molecule is CCCOC(=NCCCN1CCOCC1)NC(=O)c1ccccc1Cl. The zero-order chi connectivity index (χ0) is 17.9. The fourth-order valence-electron chi connectivity index (χ4n) is 2.43. The molecule has 2 rings (SSSR count). The molecule has 7 heteroatoms. The summed E-state index contributed by atoms with van der Waals surface area (Å²) in [5.41, 5.74) is 0.408. The molecule has 1 aliphatic rings. The van der Waals surface area contributed by atoms with Crippen LogP contribution >= 0.6 is 11.6 Å². The summed E-state index contributed by atoms with van der Waals surface area (Å²) in [6, 6.07) is 7.17. The maximum atomic E-state index is 12.3. The van der Waals surface area contributed by atoms with Crippen LogP contribution in [0.4, 0.5) is 0 Å². The molecule has 0 unspecified atom stereocenters. The van der Waals surface area contributed by atoms with Crippen LogP contribution in [0.3, 0.4) is 0 Å². The van der Waals surface area contributed by atoms with Gasteiger partial charge in [-0.3, -0.25) is 15.0 Å². The molecule has 0 spiro atoms. The highest BCUT2D eigenvalue weighted by Gasteiger charge is 2.13. The average Bonchev–Trinajstić information content (AvgIpc) is 2.64. The number of aliphatic imine (C=N–C) groups is 1. The predicted molar refractivity (Wildman–Crippen MR) is 99.3 cm³/mol. The molecule has 1 N–H and O–H groups in total. The van der Waals surface area contributed by atoms with E-state index in [0.29, 0.717) is 23.7 Å². The Morgan fingerprint density at radius 2 is 2.12 bits per heavy atom. The van der Waals surface area contributed by atoms with Crippen molar-refractivity contribution >= 4 is 23.5 Å². The Morgan fingerprint density at radius 3 is 2.84 bits per heavy atom. The molecule has 0 aliphatic carbocycles. The number of hydrogen-bond donors (Lipinski definition) is 1. The van der Waals surface area contributed by atoms with E-state index in [9.17, 15) is 4.79 Å². The average molecular weight is 368 g/mol. The monoisotopic (exact) mass is 367 g/mol. The Balaban J connectivity index is 1.86. The molecule has 0 bridgehead atoms. The van der Waals surface area contributed by atoms with Gasteiger partial charge in [0.05, 0.1) is 30.4 Å². The topological polar surface area (TPSA) is 63.2 Å². The van der Waals surface area contributed by atoms with E-state index < -0.39 is 0 Å². The molecule has 138 valence electrons. The van der Waals surface area contributed by atoms with E-state index in [4.69, 9.17) is 21.1 Å². The van der Waals surface area contributed by atoms with Gasteiger partial charge in [0.25, 0.3) is 11.9 Å². The highest BCUT2D eigenvalue weighted by Crippen LogP contribution is 2.14. The summed E-state index contributed by atoms with van der Waals surface area (Å²) in [5, 5.41) is 3.12. The van der Waals surface area contributed by atoms with Gasteiger partial charge < -0.3 is 9.47 Å². The van der Waals surface area contributed by atoms with Crippen molar-refractivity contribution in [1.29, 1.82) is 0 Å². The molecule has 0 radical (unpaired) electrons. The van der Waals surface area contributed by atoms with Crippen LogP contribution in [0.1, 0.15) is 30.1 Å². The predicted octanol–water partition coefficient (Wildman–Crippen LogP) is 2.57. The molecule has 6 nitrogen and oxygen atoms in total. The van der Waals surface area contributed by atoms with Crippen molar-refractivity contribution in [3.8, 4) is 0 Å². The standard InChI is InChI=1S/C18H26ClN3O3/c1-2-12-25-18(20-8-5-9-22-10-13-24-14-11-22)21-17(23)15-6-3-4-7-16(15)19/h3-4,6-7H,2,5,8-14H2,1H3,(H,20,21,23). The summed E-state index contributed by atoms with van der Waals surface area (Å²) >= 11 is 6.06. The normalized spacial score (nSPS) is 15.8. The van der Waals surface area contributed by atoms with Crippen molar-refractivity contribution in [3.05, 3.63) is 34.9 Å². The third-order valence-electron chi connectivity index (χ3n) is 3.77. The minimum absolute atomic E-state index is 0.258. The number of hydrogen-bond acceptors (Lipinski definition) is 5. The van der Waals surface area contributed by atoms with Crippen molar-refractivity contribution in [3.63, 3.8) is 0 Å². The molecule has 0 atom stereocenters. The van der Waals surface area contributed by atoms with Gasteiger partial charge in [-0.1, -0.05) is 30.7 Å². The first kappa shape index (κ1) is 19.7. The number of rotatable bonds is 7. The molecule has 0 aromatic heterocycles. The second kappa shape index (κ2) is 11.1. The van der Waals surface area contributed by atoms with Crippen LogP contribution < -0.4 is 5.32 Å². The Hall–Kier alpha value is -1.63. The highest BCUT2D eigenvalue weighted by molar-refractivity contribution is 6.34. The number of amides is 1. The number of carbonyl (C=O) groups excluding carboxylic acids is 1. The van der Waals surface area contributed by atoms with Crippen LogP contribution in [0.2, 0.25) is 5.02 Å². The molecule has 1 saturated heterocycles. The molecule has 1 heterocycles. The summed E-state index contributed by atoms with van der Waals surface area (Å²) in [6.07, 6.45) is 1.75. The zero-order valence-electron chi connectivity index (χ0n) is 14.7. The Morgan fingerprint density at radius 1 is 1.36 bits per heavy atom. The Bertz CT molecular complexity index is 574. The van der Waals surface area contributed by atoms with Crippen molar-refractivity contribution in [2.45, 2.75) is 19.8 Å². The number of halogens is 1. The van der Waals surface area contributed by atoms with Gasteiger partial charge in [0.2, 0.25) is 0 Å². The summed E-state index contributed by atoms with van der Waals surface area (Å²) in [7, 11) is 0. The lowest BCUT2D eigenvalue weighted by Crippen LogP contribution is -2.37. The van der Waals surface area contributed by atoms with Gasteiger partial charge in [0, 0.05) is 26.2 Å². The number of nitrogens with one attached hydrogen (secondary N) is 1. The van der Waals surface area contributed by atoms with Gasteiger partial charge in [-0.2, -0.15) is 0 Å². The number of ether oxygens (including phenoxy) is 2. The molecular weight excluding hydrogens is 342 g/mol. The van der Waals surface area contributed by atoms with Gasteiger partial charge in [0.15, 0.2) is 0 Å². The summed E-state index contributed by atoms with van der Waals surface area (Å²) in [5.74, 6) is -0.311. The van der Waals surface area contributed by atoms with Crippen LogP contribution in [0.15, 0.2) is 29.3 Å². The summed E-state index contributed by atoms with van der Waals surface area (Å²) < 4.78 is 10.9. The third-order valence-corrected chi connectivity index (χ3v) is 4.10. The lowest BCUT2D eigenvalue weighted by molar-refractivity contribution is 0.0377. The molecule has 1 aromatic carbocycles. The lowest BCUT2D eigenvalue weighted by atomic mass is 10.2. The van der Waals surface area contributed by atoms with E-state index in [2.05, 4.69) is 15.2 Å². The number of nitrogens with zero attached hydrogens (tertiary/aromatic N) is 2. The van der Waals surface area contributed by atoms with Crippen LogP contribution in [0.5, 0.6) is 0 Å². The van der Waals surface area contributed by atoms with Gasteiger partial charge in [-0.05, 0) is 25.0 Å². The second-order valence-electron chi connectivity index (χ2n) is 5.78. The van der Waals surface area contributed by atoms with E-state index in [1.807, 2.05) is 6.92 Å². The largest absolute Gasteiger partial charge is 0.465 e. The number of amidine groups is 1. The molecule has 1 aliphatic heterocycles. The minimum Gasteiger partial charge on any atom is -0.465 e. The molecular formula is C18H26ClN3O3. The molecule has 25 heavy (non-hydrogen) atoms. The van der Waals surface area contributed by atoms with Crippen molar-refractivity contribution in [1.82, 2.24) is 10.2 Å². The fraction of sp³-hybridized carbons (Fsp3) is 0.556. The van der Waals surface area contributed by atoms with Gasteiger partial charge >= 0.3 is 0 Å². The smallest absolute Gasteiger partial charge is 0.291 e. The van der Waals surface area contributed by atoms with Crippen LogP contribution in [-0.2, 0) is 9.47 Å². The van der Waals surface area contributed by atoms with Gasteiger partial charge in [-0.15, -0.1) is 0 Å². The maximum Gasteiger partial charge on any atom is 0.291 e. The zero-order valence-corrected chi connectivity index (χ0v) is 15.4. The third kappa shape index (κ3) is 7.02. The van der Waals surface area contributed by atoms with E-state index >= 15 is 0 Å². The van der Waals surface area contributed by atoms with Crippen molar-refractivity contribution < 1.29 is 14.3 Å². The Kier molecular flexibility index (Phi) is 8.72. The first-order valence-electron chi connectivity index (χ1n) is 8.74. The van der Waals surface area contributed by atoms with E-state index in [0.717, 1.165) is 45.7 Å². The highest BCUT2D eigenvalue weighted by atomic mass is 35.5. The van der Waals surface area contributed by atoms with Crippen LogP contribution in [-0.4, -0.2) is 62.8 Å². The first-order valence-corrected chi connectivity index (χ1v) is 9.11. The van der Waals surface area contributed by atoms with Crippen molar-refractivity contribution in [2.75, 3.05) is 46.0 Å². The molecule has 1 fully saturated rings. The van der Waals surface area contributed by atoms with E-state index in [1.165, 1.54) is 0 Å². The van der Waals surface area contributed by atoms with Gasteiger partial charge in [-0.25, -0.2) is 4.99 Å². The summed E-state index contributed by atoms with van der Waals surface area (Å²) in [6.45, 7) is 7.59. The quantitative estimate of drug-likeness (QED) is 0.457.